The van der Waals surface area contributed by atoms with Crippen molar-refractivity contribution in [2.24, 2.45) is 0 Å². The van der Waals surface area contributed by atoms with E-state index in [1.165, 1.54) is 0 Å². The van der Waals surface area contributed by atoms with Crippen LogP contribution in [0.5, 0.6) is 0 Å². The number of hydrogen-bond donors (Lipinski definition) is 1. The number of fused-ring (bicyclic) bond motifs is 1. The quantitative estimate of drug-likeness (QED) is 0.405. The molecule has 174 valence electrons. The number of rotatable bonds is 7. The van der Waals surface area contributed by atoms with Crippen LogP contribution in [0.1, 0.15) is 18.1 Å². The Balaban J connectivity index is 1.58. The van der Waals surface area contributed by atoms with Gasteiger partial charge in [-0.3, -0.25) is 24.1 Å². The van der Waals surface area contributed by atoms with E-state index in [-0.39, 0.29) is 24.0 Å². The average Bonchev–Trinajstić information content (AvgIpc) is 3.26. The summed E-state index contributed by atoms with van der Waals surface area (Å²) >= 11 is 0.774. The zero-order chi connectivity index (χ0) is 24.2. The molecule has 1 aromatic heterocycles. The standard InChI is InChI=1S/C25H23N3O5S/c1-3-33-23(30)15-28-24(31)21(34-25(28)32)12-17-13-27(20-10-5-4-9-19(17)20)14-22(29)26-18-8-6-7-16(2)11-18/h4-13H,3,14-15H2,1-2H3,(H,26,29)/b21-12+. The molecule has 3 amide bonds. The predicted molar refractivity (Wildman–Crippen MR) is 131 cm³/mol. The van der Waals surface area contributed by atoms with Gasteiger partial charge in [-0.25, -0.2) is 0 Å². The first kappa shape index (κ1) is 23.3. The number of aromatic nitrogens is 1. The summed E-state index contributed by atoms with van der Waals surface area (Å²) in [5, 5.41) is 3.21. The molecule has 4 rings (SSSR count). The lowest BCUT2D eigenvalue weighted by Gasteiger charge is -2.10. The van der Waals surface area contributed by atoms with Gasteiger partial charge in [0.05, 0.1) is 11.5 Å². The van der Waals surface area contributed by atoms with Crippen LogP contribution in [0, 0.1) is 6.92 Å². The van der Waals surface area contributed by atoms with Crippen LogP contribution in [0.3, 0.4) is 0 Å². The van der Waals surface area contributed by atoms with E-state index in [0.29, 0.717) is 5.56 Å². The Labute approximate surface area is 200 Å². The molecule has 8 nitrogen and oxygen atoms in total. The smallest absolute Gasteiger partial charge is 0.326 e. The number of imide groups is 1. The maximum Gasteiger partial charge on any atom is 0.326 e. The third kappa shape index (κ3) is 5.04. The molecule has 0 bridgehead atoms. The first-order valence-corrected chi connectivity index (χ1v) is 11.5. The molecule has 0 unspecified atom stereocenters. The number of esters is 1. The van der Waals surface area contributed by atoms with Gasteiger partial charge in [0.15, 0.2) is 0 Å². The van der Waals surface area contributed by atoms with E-state index >= 15 is 0 Å². The van der Waals surface area contributed by atoms with Gasteiger partial charge in [-0.1, -0.05) is 30.3 Å². The van der Waals surface area contributed by atoms with E-state index in [9.17, 15) is 19.2 Å². The van der Waals surface area contributed by atoms with Crippen molar-refractivity contribution in [1.82, 2.24) is 9.47 Å². The number of thioether (sulfide) groups is 1. The van der Waals surface area contributed by atoms with Crippen molar-refractivity contribution in [2.75, 3.05) is 18.5 Å². The third-order valence-electron chi connectivity index (χ3n) is 5.19. The number of anilines is 1. The number of nitrogens with one attached hydrogen (secondary N) is 1. The summed E-state index contributed by atoms with van der Waals surface area (Å²) in [5.74, 6) is -1.37. The van der Waals surface area contributed by atoms with Crippen molar-refractivity contribution in [2.45, 2.75) is 20.4 Å². The maximum absolute atomic E-state index is 12.7. The van der Waals surface area contributed by atoms with Crippen molar-refractivity contribution in [1.29, 1.82) is 0 Å². The van der Waals surface area contributed by atoms with E-state index in [2.05, 4.69) is 5.32 Å². The fourth-order valence-corrected chi connectivity index (χ4v) is 4.54. The SMILES string of the molecule is CCOC(=O)CN1C(=O)S/C(=C/c2cn(CC(=O)Nc3cccc(C)c3)c3ccccc23)C1=O. The molecule has 2 aromatic carbocycles. The summed E-state index contributed by atoms with van der Waals surface area (Å²) in [7, 11) is 0. The summed E-state index contributed by atoms with van der Waals surface area (Å²) in [6, 6.07) is 15.1. The molecule has 0 spiro atoms. The van der Waals surface area contributed by atoms with Crippen molar-refractivity contribution in [3.8, 4) is 0 Å². The van der Waals surface area contributed by atoms with Crippen LogP contribution >= 0.6 is 11.8 Å². The number of hydrogen-bond acceptors (Lipinski definition) is 6. The number of benzene rings is 2. The lowest BCUT2D eigenvalue weighted by atomic mass is 10.1. The van der Waals surface area contributed by atoms with Crippen LogP contribution in [-0.4, -0.2) is 45.6 Å². The molecule has 0 atom stereocenters. The summed E-state index contributed by atoms with van der Waals surface area (Å²) < 4.78 is 6.65. The van der Waals surface area contributed by atoms with Gasteiger partial charge >= 0.3 is 5.97 Å². The molecule has 1 fully saturated rings. The molecular formula is C25H23N3O5S. The number of amides is 3. The molecular weight excluding hydrogens is 454 g/mol. The monoisotopic (exact) mass is 477 g/mol. The zero-order valence-electron chi connectivity index (χ0n) is 18.7. The first-order valence-electron chi connectivity index (χ1n) is 10.7. The minimum Gasteiger partial charge on any atom is -0.465 e. The van der Waals surface area contributed by atoms with E-state index in [1.54, 1.807) is 23.8 Å². The number of nitrogens with zero attached hydrogens (tertiary/aromatic N) is 2. The highest BCUT2D eigenvalue weighted by molar-refractivity contribution is 8.18. The molecule has 2 heterocycles. The van der Waals surface area contributed by atoms with Gasteiger partial charge in [-0.2, -0.15) is 0 Å². The molecule has 1 N–H and O–H groups in total. The first-order chi connectivity index (χ1) is 16.4. The van der Waals surface area contributed by atoms with Crippen LogP contribution in [0.4, 0.5) is 10.5 Å². The second-order valence-corrected chi connectivity index (χ2v) is 8.71. The van der Waals surface area contributed by atoms with Crippen LogP contribution in [-0.2, 0) is 25.7 Å². The van der Waals surface area contributed by atoms with Crippen molar-refractivity contribution >= 4 is 57.5 Å². The second kappa shape index (κ2) is 9.96. The minimum absolute atomic E-state index is 0.0760. The predicted octanol–water partition coefficient (Wildman–Crippen LogP) is 4.19. The van der Waals surface area contributed by atoms with Crippen LogP contribution in [0.2, 0.25) is 0 Å². The highest BCUT2D eigenvalue weighted by Crippen LogP contribution is 2.34. The molecule has 1 aliphatic heterocycles. The number of para-hydroxylation sites is 1. The van der Waals surface area contributed by atoms with Crippen LogP contribution in [0.25, 0.3) is 17.0 Å². The van der Waals surface area contributed by atoms with Crippen LogP contribution in [0.15, 0.2) is 59.6 Å². The summed E-state index contributed by atoms with van der Waals surface area (Å²) in [4.78, 5) is 50.6. The zero-order valence-corrected chi connectivity index (χ0v) is 19.6. The topological polar surface area (TPSA) is 97.7 Å². The number of aryl methyl sites for hydroxylation is 1. The summed E-state index contributed by atoms with van der Waals surface area (Å²) in [6.45, 7) is 3.43. The maximum atomic E-state index is 12.7. The van der Waals surface area contributed by atoms with Crippen molar-refractivity contribution < 1.29 is 23.9 Å². The fourth-order valence-electron chi connectivity index (χ4n) is 3.71. The Morgan fingerprint density at radius 1 is 1.09 bits per heavy atom. The molecule has 3 aromatic rings. The van der Waals surface area contributed by atoms with Crippen molar-refractivity contribution in [3.63, 3.8) is 0 Å². The van der Waals surface area contributed by atoms with E-state index in [4.69, 9.17) is 4.74 Å². The molecule has 0 saturated carbocycles. The number of carbonyl (C=O) groups is 4. The van der Waals surface area contributed by atoms with Gasteiger partial charge in [0, 0.05) is 28.4 Å². The number of ether oxygens (including phenoxy) is 1. The Hall–Kier alpha value is -3.85. The largest absolute Gasteiger partial charge is 0.465 e. The van der Waals surface area contributed by atoms with Gasteiger partial charge < -0.3 is 14.6 Å². The molecule has 34 heavy (non-hydrogen) atoms. The van der Waals surface area contributed by atoms with Gasteiger partial charge in [0.2, 0.25) is 5.91 Å². The van der Waals surface area contributed by atoms with Gasteiger partial charge in [0.25, 0.3) is 11.1 Å². The number of carbonyl (C=O) groups excluding carboxylic acids is 4. The van der Waals surface area contributed by atoms with E-state index < -0.39 is 23.7 Å². The lowest BCUT2D eigenvalue weighted by molar-refractivity contribution is -0.146. The van der Waals surface area contributed by atoms with Crippen LogP contribution < -0.4 is 5.32 Å². The fraction of sp³-hybridized carbons (Fsp3) is 0.200. The summed E-state index contributed by atoms with van der Waals surface area (Å²) in [6.07, 6.45) is 3.40. The summed E-state index contributed by atoms with van der Waals surface area (Å²) in [5.41, 5.74) is 3.28. The van der Waals surface area contributed by atoms with Gasteiger partial charge in [-0.05, 0) is 55.4 Å². The Morgan fingerprint density at radius 2 is 1.88 bits per heavy atom. The Kier molecular flexibility index (Phi) is 6.83. The van der Waals surface area contributed by atoms with Gasteiger partial charge in [0.1, 0.15) is 13.1 Å². The highest BCUT2D eigenvalue weighted by Gasteiger charge is 2.36. The third-order valence-corrected chi connectivity index (χ3v) is 6.10. The highest BCUT2D eigenvalue weighted by atomic mass is 32.2. The normalized spacial score (nSPS) is 14.8. The molecule has 1 saturated heterocycles. The Morgan fingerprint density at radius 3 is 2.65 bits per heavy atom. The molecule has 1 aliphatic rings. The average molecular weight is 478 g/mol. The second-order valence-electron chi connectivity index (χ2n) is 7.72. The van der Waals surface area contributed by atoms with E-state index in [1.807, 2.05) is 55.5 Å². The molecule has 0 radical (unpaired) electrons. The van der Waals surface area contributed by atoms with Gasteiger partial charge in [-0.15, -0.1) is 0 Å². The van der Waals surface area contributed by atoms with Crippen molar-refractivity contribution in [3.05, 3.63) is 70.8 Å². The Bertz CT molecular complexity index is 1330. The van der Waals surface area contributed by atoms with E-state index in [0.717, 1.165) is 38.8 Å². The minimum atomic E-state index is -0.637. The molecule has 0 aliphatic carbocycles. The lowest BCUT2D eigenvalue weighted by Crippen LogP contribution is -2.34. The molecule has 9 heteroatoms.